The highest BCUT2D eigenvalue weighted by atomic mass is 35.5. The van der Waals surface area contributed by atoms with Crippen LogP contribution < -0.4 is 10.1 Å². The number of benzene rings is 2. The standard InChI is InChI=1S/C22H22ClN5O3S/c1-3-10-28-17-9-8-14(23)11-16(17)25-22(28)32-13-21-26-19(27-31-21)12-20(29)24-15-6-4-5-7-18(15)30-2/h4-9,11H,3,10,12-13H2,1-2H3,(H,24,29). The maximum Gasteiger partial charge on any atom is 0.237 e. The summed E-state index contributed by atoms with van der Waals surface area (Å²) in [7, 11) is 1.55. The van der Waals surface area contributed by atoms with Crippen LogP contribution in [0.15, 0.2) is 52.1 Å². The monoisotopic (exact) mass is 471 g/mol. The number of ether oxygens (including phenoxy) is 1. The van der Waals surface area contributed by atoms with Crippen LogP contribution in [0.5, 0.6) is 5.75 Å². The predicted molar refractivity (Wildman–Crippen MR) is 124 cm³/mol. The Morgan fingerprint density at radius 2 is 2.09 bits per heavy atom. The van der Waals surface area contributed by atoms with Gasteiger partial charge in [0, 0.05) is 11.6 Å². The fourth-order valence-corrected chi connectivity index (χ4v) is 4.31. The van der Waals surface area contributed by atoms with Gasteiger partial charge in [-0.05, 0) is 36.8 Å². The van der Waals surface area contributed by atoms with Crippen molar-refractivity contribution in [1.82, 2.24) is 19.7 Å². The molecule has 8 nitrogen and oxygen atoms in total. The Bertz CT molecular complexity index is 1240. The Kier molecular flexibility index (Phi) is 6.96. The maximum absolute atomic E-state index is 12.4. The summed E-state index contributed by atoms with van der Waals surface area (Å²) in [6.07, 6.45) is 0.979. The van der Waals surface area contributed by atoms with Gasteiger partial charge in [-0.2, -0.15) is 4.98 Å². The van der Waals surface area contributed by atoms with Crippen molar-refractivity contribution in [1.29, 1.82) is 0 Å². The molecular formula is C22H22ClN5O3S. The molecule has 0 aliphatic carbocycles. The van der Waals surface area contributed by atoms with Crippen molar-refractivity contribution < 1.29 is 14.1 Å². The van der Waals surface area contributed by atoms with Crippen LogP contribution in [-0.4, -0.2) is 32.7 Å². The summed E-state index contributed by atoms with van der Waals surface area (Å²) in [5.74, 6) is 1.53. The Hall–Kier alpha value is -3.04. The minimum Gasteiger partial charge on any atom is -0.495 e. The molecule has 0 saturated carbocycles. The Morgan fingerprint density at radius 3 is 2.91 bits per heavy atom. The Labute approximate surface area is 194 Å². The Balaban J connectivity index is 1.40. The number of carbonyl (C=O) groups is 1. The minimum absolute atomic E-state index is 0.000931. The first-order valence-electron chi connectivity index (χ1n) is 10.1. The second-order valence-electron chi connectivity index (χ2n) is 7.00. The molecule has 0 atom stereocenters. The van der Waals surface area contributed by atoms with Gasteiger partial charge in [0.15, 0.2) is 11.0 Å². The second kappa shape index (κ2) is 10.1. The molecule has 0 aliphatic heterocycles. The number of halogens is 1. The number of rotatable bonds is 9. The number of aryl methyl sites for hydroxylation is 1. The van der Waals surface area contributed by atoms with Gasteiger partial charge in [-0.15, -0.1) is 0 Å². The van der Waals surface area contributed by atoms with Gasteiger partial charge in [-0.25, -0.2) is 4.98 Å². The molecule has 1 N–H and O–H groups in total. The van der Waals surface area contributed by atoms with E-state index in [1.54, 1.807) is 19.2 Å². The zero-order valence-corrected chi connectivity index (χ0v) is 19.2. The lowest BCUT2D eigenvalue weighted by molar-refractivity contribution is -0.115. The number of nitrogens with zero attached hydrogens (tertiary/aromatic N) is 4. The maximum atomic E-state index is 12.4. The van der Waals surface area contributed by atoms with Gasteiger partial charge in [-0.3, -0.25) is 4.79 Å². The van der Waals surface area contributed by atoms with Gasteiger partial charge in [0.05, 0.1) is 36.0 Å². The lowest BCUT2D eigenvalue weighted by atomic mass is 10.2. The SMILES string of the molecule is CCCn1c(SCc2nc(CC(=O)Nc3ccccc3OC)no2)nc2cc(Cl)ccc21. The highest BCUT2D eigenvalue weighted by molar-refractivity contribution is 7.98. The van der Waals surface area contributed by atoms with Crippen LogP contribution in [0.1, 0.15) is 25.1 Å². The van der Waals surface area contributed by atoms with Crippen LogP contribution in [0.4, 0.5) is 5.69 Å². The Morgan fingerprint density at radius 1 is 1.25 bits per heavy atom. The van der Waals surface area contributed by atoms with Crippen molar-refractivity contribution in [3.63, 3.8) is 0 Å². The molecule has 1 amide bonds. The minimum atomic E-state index is -0.254. The number of thioether (sulfide) groups is 1. The van der Waals surface area contributed by atoms with Gasteiger partial charge in [0.1, 0.15) is 5.75 Å². The second-order valence-corrected chi connectivity index (χ2v) is 8.38. The summed E-state index contributed by atoms with van der Waals surface area (Å²) in [6, 6.07) is 12.9. The highest BCUT2D eigenvalue weighted by Crippen LogP contribution is 2.28. The third-order valence-electron chi connectivity index (χ3n) is 4.66. The third-order valence-corrected chi connectivity index (χ3v) is 5.85. The molecule has 10 heteroatoms. The fourth-order valence-electron chi connectivity index (χ4n) is 3.26. The number of anilines is 1. The van der Waals surface area contributed by atoms with E-state index >= 15 is 0 Å². The molecule has 0 spiro atoms. The molecule has 4 rings (SSSR count). The smallest absolute Gasteiger partial charge is 0.237 e. The van der Waals surface area contributed by atoms with E-state index in [0.29, 0.717) is 33.9 Å². The van der Waals surface area contributed by atoms with Crippen LogP contribution in [0.3, 0.4) is 0 Å². The first-order chi connectivity index (χ1) is 15.6. The predicted octanol–water partition coefficient (Wildman–Crippen LogP) is 4.96. The highest BCUT2D eigenvalue weighted by Gasteiger charge is 2.16. The number of carbonyl (C=O) groups excluding carboxylic acids is 1. The number of methoxy groups -OCH3 is 1. The van der Waals surface area contributed by atoms with Crippen LogP contribution >= 0.6 is 23.4 Å². The van der Waals surface area contributed by atoms with Crippen LogP contribution in [0.25, 0.3) is 11.0 Å². The zero-order chi connectivity index (χ0) is 22.5. The molecule has 0 unspecified atom stereocenters. The summed E-state index contributed by atoms with van der Waals surface area (Å²) in [4.78, 5) is 21.4. The van der Waals surface area contributed by atoms with Gasteiger partial charge in [-0.1, -0.05) is 47.6 Å². The number of imidazole rings is 1. The van der Waals surface area contributed by atoms with E-state index in [2.05, 4.69) is 26.9 Å². The van der Waals surface area contributed by atoms with Crippen LogP contribution in [0.2, 0.25) is 5.02 Å². The number of aromatic nitrogens is 4. The molecule has 0 fully saturated rings. The number of hydrogen-bond acceptors (Lipinski definition) is 7. The van der Waals surface area contributed by atoms with E-state index in [0.717, 1.165) is 29.2 Å². The molecule has 0 saturated heterocycles. The quantitative estimate of drug-likeness (QED) is 0.344. The number of hydrogen-bond donors (Lipinski definition) is 1. The number of para-hydroxylation sites is 2. The lowest BCUT2D eigenvalue weighted by Gasteiger charge is -2.08. The molecule has 0 bridgehead atoms. The summed E-state index contributed by atoms with van der Waals surface area (Å²) >= 11 is 7.62. The molecule has 4 aromatic rings. The summed E-state index contributed by atoms with van der Waals surface area (Å²) < 4.78 is 12.7. The zero-order valence-electron chi connectivity index (χ0n) is 17.7. The average molecular weight is 472 g/mol. The molecule has 2 aromatic carbocycles. The molecular weight excluding hydrogens is 450 g/mol. The van der Waals surface area contributed by atoms with Crippen LogP contribution in [0, 0.1) is 0 Å². The summed E-state index contributed by atoms with van der Waals surface area (Å²) in [5.41, 5.74) is 2.49. The first kappa shape index (κ1) is 22.2. The lowest BCUT2D eigenvalue weighted by Crippen LogP contribution is -2.15. The van der Waals surface area contributed by atoms with Gasteiger partial charge in [0.25, 0.3) is 0 Å². The van der Waals surface area contributed by atoms with Gasteiger partial charge < -0.3 is 19.1 Å². The molecule has 166 valence electrons. The first-order valence-corrected chi connectivity index (χ1v) is 11.5. The molecule has 32 heavy (non-hydrogen) atoms. The topological polar surface area (TPSA) is 95.1 Å². The van der Waals surface area contributed by atoms with Crippen molar-refractivity contribution in [3.05, 3.63) is 59.2 Å². The van der Waals surface area contributed by atoms with E-state index in [1.807, 2.05) is 30.3 Å². The van der Waals surface area contributed by atoms with Crippen molar-refractivity contribution in [2.75, 3.05) is 12.4 Å². The van der Waals surface area contributed by atoms with Crippen molar-refractivity contribution >= 4 is 46.0 Å². The number of fused-ring (bicyclic) bond motifs is 1. The van der Waals surface area contributed by atoms with Crippen LogP contribution in [-0.2, 0) is 23.5 Å². The van der Waals surface area contributed by atoms with Crippen molar-refractivity contribution in [2.24, 2.45) is 0 Å². The van der Waals surface area contributed by atoms with E-state index < -0.39 is 0 Å². The largest absolute Gasteiger partial charge is 0.495 e. The summed E-state index contributed by atoms with van der Waals surface area (Å²) in [6.45, 7) is 2.97. The van der Waals surface area contributed by atoms with E-state index in [-0.39, 0.29) is 12.3 Å². The average Bonchev–Trinajstić information content (AvgIpc) is 3.36. The fraction of sp³-hybridized carbons (Fsp3) is 0.273. The number of amides is 1. The third kappa shape index (κ3) is 5.05. The van der Waals surface area contributed by atoms with E-state index in [9.17, 15) is 4.79 Å². The van der Waals surface area contributed by atoms with Gasteiger partial charge >= 0.3 is 0 Å². The summed E-state index contributed by atoms with van der Waals surface area (Å²) in [5, 5.41) is 8.25. The van der Waals surface area contributed by atoms with Crippen molar-refractivity contribution in [3.8, 4) is 5.75 Å². The molecule has 0 aliphatic rings. The molecule has 2 aromatic heterocycles. The normalized spacial score (nSPS) is 11.1. The number of nitrogens with one attached hydrogen (secondary N) is 1. The van der Waals surface area contributed by atoms with E-state index in [4.69, 9.17) is 25.8 Å². The van der Waals surface area contributed by atoms with E-state index in [1.165, 1.54) is 11.8 Å². The molecule has 0 radical (unpaired) electrons. The van der Waals surface area contributed by atoms with Crippen molar-refractivity contribution in [2.45, 2.75) is 37.2 Å². The van der Waals surface area contributed by atoms with Gasteiger partial charge in [0.2, 0.25) is 11.8 Å². The molecule has 2 heterocycles.